The van der Waals surface area contributed by atoms with Gasteiger partial charge in [0.2, 0.25) is 0 Å². The van der Waals surface area contributed by atoms with Crippen LogP contribution in [-0.2, 0) is 4.43 Å². The van der Waals surface area contributed by atoms with Crippen LogP contribution in [0.15, 0.2) is 12.2 Å². The fourth-order valence-corrected chi connectivity index (χ4v) is 2.94. The molecule has 0 aliphatic carbocycles. The van der Waals surface area contributed by atoms with Gasteiger partial charge in [-0.25, -0.2) is 0 Å². The van der Waals surface area contributed by atoms with Crippen LogP contribution < -0.4 is 0 Å². The molecule has 24 heavy (non-hydrogen) atoms. The molecule has 0 heterocycles. The first-order valence-electron chi connectivity index (χ1n) is 9.58. The molecule has 0 amide bonds. The smallest absolute Gasteiger partial charge is 0.191 e. The minimum absolute atomic E-state index is 0.319. The molecule has 0 atom stereocenters. The fraction of sp³-hybridized carbons (Fsp3) is 0.727. The largest absolute Gasteiger partial charge is 0.417 e. The molecule has 1 nitrogen and oxygen atoms in total. The highest BCUT2D eigenvalue weighted by Crippen LogP contribution is 2.36. The molecule has 0 rings (SSSR count). The average Bonchev–Trinajstić information content (AvgIpc) is 2.50. The van der Waals surface area contributed by atoms with Gasteiger partial charge in [-0.2, -0.15) is 0 Å². The van der Waals surface area contributed by atoms with Crippen molar-refractivity contribution in [2.24, 2.45) is 0 Å². The lowest BCUT2D eigenvalue weighted by Gasteiger charge is -2.36. The van der Waals surface area contributed by atoms with Gasteiger partial charge in [-0.3, -0.25) is 0 Å². The van der Waals surface area contributed by atoms with Crippen molar-refractivity contribution in [2.75, 3.05) is 6.61 Å². The van der Waals surface area contributed by atoms with Gasteiger partial charge >= 0.3 is 0 Å². The van der Waals surface area contributed by atoms with E-state index in [2.05, 4.69) is 70.5 Å². The van der Waals surface area contributed by atoms with Crippen LogP contribution in [-0.4, -0.2) is 14.9 Å². The first kappa shape index (κ1) is 23.0. The van der Waals surface area contributed by atoms with E-state index in [9.17, 15) is 0 Å². The van der Waals surface area contributed by atoms with E-state index in [4.69, 9.17) is 4.43 Å². The van der Waals surface area contributed by atoms with Crippen LogP contribution in [0, 0.1) is 23.7 Å². The second-order valence-electron chi connectivity index (χ2n) is 7.89. The van der Waals surface area contributed by atoms with Crippen molar-refractivity contribution in [1.82, 2.24) is 0 Å². The summed E-state index contributed by atoms with van der Waals surface area (Å²) >= 11 is 0. The number of hydrogen-bond acceptors (Lipinski definition) is 1. The Morgan fingerprint density at radius 1 is 0.958 bits per heavy atom. The van der Waals surface area contributed by atoms with Crippen molar-refractivity contribution in [3.05, 3.63) is 12.2 Å². The van der Waals surface area contributed by atoms with Crippen LogP contribution in [0.25, 0.3) is 0 Å². The Balaban J connectivity index is 3.59. The Hall–Kier alpha value is -0.963. The molecule has 0 aliphatic heterocycles. The monoisotopic (exact) mass is 346 g/mol. The zero-order valence-corrected chi connectivity index (χ0v) is 17.9. The van der Waals surface area contributed by atoms with Gasteiger partial charge in [0.15, 0.2) is 8.32 Å². The molecule has 0 N–H and O–H groups in total. The average molecular weight is 347 g/mol. The lowest BCUT2D eigenvalue weighted by Crippen LogP contribution is -2.40. The molecule has 0 unspecified atom stereocenters. The Bertz CT molecular complexity index is 460. The summed E-state index contributed by atoms with van der Waals surface area (Å²) in [7, 11) is -1.55. The van der Waals surface area contributed by atoms with Crippen LogP contribution >= 0.6 is 0 Å². The minimum Gasteiger partial charge on any atom is -0.417 e. The maximum atomic E-state index is 6.19. The summed E-state index contributed by atoms with van der Waals surface area (Å²) < 4.78 is 6.19. The van der Waals surface area contributed by atoms with Crippen molar-refractivity contribution in [1.29, 1.82) is 0 Å². The third-order valence-electron chi connectivity index (χ3n) is 4.61. The van der Waals surface area contributed by atoms with Gasteiger partial charge in [-0.15, -0.1) is 0 Å². The molecule has 0 spiro atoms. The van der Waals surface area contributed by atoms with Gasteiger partial charge in [0.05, 0.1) is 0 Å². The molecule has 136 valence electrons. The lowest BCUT2D eigenvalue weighted by molar-refractivity contribution is 0.277. The van der Waals surface area contributed by atoms with Crippen molar-refractivity contribution < 1.29 is 4.43 Å². The van der Waals surface area contributed by atoms with E-state index in [-0.39, 0.29) is 0 Å². The molecule has 0 aromatic heterocycles. The normalized spacial score (nSPS) is 11.8. The van der Waals surface area contributed by atoms with Crippen LogP contribution in [0.1, 0.15) is 79.1 Å². The molecule has 0 saturated carbocycles. The Morgan fingerprint density at radius 3 is 2.33 bits per heavy atom. The van der Waals surface area contributed by atoms with Gasteiger partial charge < -0.3 is 4.43 Å². The van der Waals surface area contributed by atoms with Gasteiger partial charge in [-0.05, 0) is 61.7 Å². The second kappa shape index (κ2) is 13.3. The lowest BCUT2D eigenvalue weighted by atomic mass is 10.1. The summed E-state index contributed by atoms with van der Waals surface area (Å²) in [6.07, 6.45) is 13.5. The summed E-state index contributed by atoms with van der Waals surface area (Å²) in [5.74, 6) is 11.8. The summed E-state index contributed by atoms with van der Waals surface area (Å²) in [5.41, 5.74) is 0. The number of hydrogen-bond donors (Lipinski definition) is 0. The Morgan fingerprint density at radius 2 is 1.67 bits per heavy atom. The van der Waals surface area contributed by atoms with E-state index in [0.29, 0.717) is 5.04 Å². The Labute approximate surface area is 152 Å². The summed E-state index contributed by atoms with van der Waals surface area (Å²) in [6, 6.07) is 0. The molecule has 0 aromatic rings. The van der Waals surface area contributed by atoms with Gasteiger partial charge in [-0.1, -0.05) is 64.9 Å². The highest BCUT2D eigenvalue weighted by molar-refractivity contribution is 6.74. The summed E-state index contributed by atoms with van der Waals surface area (Å²) in [4.78, 5) is 0. The first-order valence-corrected chi connectivity index (χ1v) is 12.5. The maximum absolute atomic E-state index is 6.19. The summed E-state index contributed by atoms with van der Waals surface area (Å²) in [6.45, 7) is 14.6. The summed E-state index contributed by atoms with van der Waals surface area (Å²) in [5, 5.41) is 0.319. The van der Waals surface area contributed by atoms with Crippen LogP contribution in [0.3, 0.4) is 0 Å². The molecular weight excluding hydrogens is 308 g/mol. The number of allylic oxidation sites excluding steroid dienone is 2. The van der Waals surface area contributed by atoms with E-state index in [1.165, 1.54) is 38.5 Å². The zero-order chi connectivity index (χ0) is 18.3. The second-order valence-corrected chi connectivity index (χ2v) is 12.7. The highest BCUT2D eigenvalue weighted by atomic mass is 28.4. The highest BCUT2D eigenvalue weighted by Gasteiger charge is 2.36. The van der Waals surface area contributed by atoms with Gasteiger partial charge in [0.25, 0.3) is 0 Å². The number of unbranched alkanes of at least 4 members (excludes halogenated alkanes) is 6. The van der Waals surface area contributed by atoms with Crippen molar-refractivity contribution in [2.45, 2.75) is 97.2 Å². The molecular formula is C22H38OSi. The molecule has 0 fully saturated rings. The van der Waals surface area contributed by atoms with E-state index in [1.54, 1.807) is 0 Å². The van der Waals surface area contributed by atoms with E-state index in [0.717, 1.165) is 19.4 Å². The minimum atomic E-state index is -1.55. The van der Waals surface area contributed by atoms with E-state index < -0.39 is 8.32 Å². The standard InChI is InChI=1S/C22H38OSi/c1-7-8-9-10-11-12-13-14-15-16-17-18-19-20-21-23-24(5,6)22(2,3)4/h14-15H,7-9,16-21H2,1-6H3. The van der Waals surface area contributed by atoms with Crippen molar-refractivity contribution in [3.8, 4) is 23.7 Å². The van der Waals surface area contributed by atoms with E-state index >= 15 is 0 Å². The molecule has 0 saturated heterocycles. The van der Waals surface area contributed by atoms with Crippen LogP contribution in [0.4, 0.5) is 0 Å². The molecule has 2 heteroatoms. The van der Waals surface area contributed by atoms with Crippen molar-refractivity contribution in [3.63, 3.8) is 0 Å². The molecule has 0 aliphatic rings. The zero-order valence-electron chi connectivity index (χ0n) is 16.9. The predicted molar refractivity (Wildman–Crippen MR) is 110 cm³/mol. The number of rotatable bonds is 10. The van der Waals surface area contributed by atoms with Crippen LogP contribution in [0.2, 0.25) is 18.1 Å². The molecule has 0 bridgehead atoms. The first-order chi connectivity index (χ1) is 11.3. The predicted octanol–water partition coefficient (Wildman–Crippen LogP) is 6.71. The fourth-order valence-electron chi connectivity index (χ4n) is 1.85. The van der Waals surface area contributed by atoms with Crippen LogP contribution in [0.5, 0.6) is 0 Å². The SMILES string of the molecule is CCCCC#CC#CC=CCCCCCCO[Si](C)(C)C(C)(C)C. The topological polar surface area (TPSA) is 9.23 Å². The maximum Gasteiger partial charge on any atom is 0.191 e. The Kier molecular flexibility index (Phi) is 12.8. The van der Waals surface area contributed by atoms with Gasteiger partial charge in [0, 0.05) is 13.0 Å². The third-order valence-corrected chi connectivity index (χ3v) is 9.15. The van der Waals surface area contributed by atoms with E-state index in [1.807, 2.05) is 6.08 Å². The molecule has 0 radical (unpaired) electrons. The van der Waals surface area contributed by atoms with Crippen molar-refractivity contribution >= 4 is 8.32 Å². The van der Waals surface area contributed by atoms with Gasteiger partial charge in [0.1, 0.15) is 0 Å². The third kappa shape index (κ3) is 12.5. The quantitative estimate of drug-likeness (QED) is 0.242. The molecule has 0 aromatic carbocycles.